The van der Waals surface area contributed by atoms with Crippen LogP contribution in [0.25, 0.3) is 0 Å². The number of carboxylic acid groups (broad SMARTS) is 1. The van der Waals surface area contributed by atoms with Crippen LogP contribution in [-0.4, -0.2) is 16.1 Å². The first-order valence-electron chi connectivity index (χ1n) is 3.93. The van der Waals surface area contributed by atoms with E-state index >= 15 is 0 Å². The number of pyridine rings is 1. The highest BCUT2D eigenvalue weighted by atomic mass is 19.1. The van der Waals surface area contributed by atoms with Crippen LogP contribution in [0.5, 0.6) is 0 Å². The second kappa shape index (κ2) is 3.98. The lowest BCUT2D eigenvalue weighted by molar-refractivity contribution is -0.137. The van der Waals surface area contributed by atoms with Crippen molar-refractivity contribution in [2.75, 3.05) is 0 Å². The molecular formula is C9H10FNO2. The normalized spacial score (nSPS) is 12.5. The number of carbonyl (C=O) groups is 1. The first kappa shape index (κ1) is 9.64. The van der Waals surface area contributed by atoms with Gasteiger partial charge in [0.25, 0.3) is 0 Å². The molecule has 1 aromatic heterocycles. The first-order chi connectivity index (χ1) is 6.09. The summed E-state index contributed by atoms with van der Waals surface area (Å²) in [5.41, 5.74) is 0.740. The van der Waals surface area contributed by atoms with E-state index in [1.165, 1.54) is 12.3 Å². The molecule has 0 aromatic carbocycles. The van der Waals surface area contributed by atoms with Gasteiger partial charge in [-0.05, 0) is 17.5 Å². The number of hydrogen-bond donors (Lipinski definition) is 1. The summed E-state index contributed by atoms with van der Waals surface area (Å²) in [6.07, 6.45) is 1.40. The summed E-state index contributed by atoms with van der Waals surface area (Å²) in [5.74, 6) is -1.55. The van der Waals surface area contributed by atoms with Crippen molar-refractivity contribution in [3.05, 3.63) is 29.8 Å². The maximum atomic E-state index is 12.4. The molecule has 0 amide bonds. The van der Waals surface area contributed by atoms with E-state index in [9.17, 15) is 9.18 Å². The molecule has 0 fully saturated rings. The molecule has 1 heterocycles. The van der Waals surface area contributed by atoms with E-state index in [4.69, 9.17) is 5.11 Å². The molecule has 13 heavy (non-hydrogen) atoms. The van der Waals surface area contributed by atoms with Crippen molar-refractivity contribution in [2.45, 2.75) is 19.3 Å². The lowest BCUT2D eigenvalue weighted by Gasteiger charge is -2.07. The molecule has 1 atom stereocenters. The van der Waals surface area contributed by atoms with Crippen molar-refractivity contribution < 1.29 is 14.3 Å². The van der Waals surface area contributed by atoms with Gasteiger partial charge in [0.05, 0.1) is 6.42 Å². The van der Waals surface area contributed by atoms with Gasteiger partial charge in [0.1, 0.15) is 0 Å². The average Bonchev–Trinajstić information content (AvgIpc) is 2.04. The third kappa shape index (κ3) is 2.82. The highest BCUT2D eigenvalue weighted by Crippen LogP contribution is 2.17. The van der Waals surface area contributed by atoms with Crippen molar-refractivity contribution in [3.8, 4) is 0 Å². The quantitative estimate of drug-likeness (QED) is 0.727. The second-order valence-corrected chi connectivity index (χ2v) is 2.91. The van der Waals surface area contributed by atoms with Crippen molar-refractivity contribution >= 4 is 5.97 Å². The topological polar surface area (TPSA) is 50.2 Å². The zero-order valence-corrected chi connectivity index (χ0v) is 7.20. The Morgan fingerprint density at radius 3 is 2.85 bits per heavy atom. The molecule has 1 N–H and O–H groups in total. The first-order valence-corrected chi connectivity index (χ1v) is 3.93. The van der Waals surface area contributed by atoms with E-state index in [1.807, 2.05) is 0 Å². The van der Waals surface area contributed by atoms with E-state index in [-0.39, 0.29) is 12.3 Å². The molecule has 0 spiro atoms. The van der Waals surface area contributed by atoms with Gasteiger partial charge < -0.3 is 5.11 Å². The van der Waals surface area contributed by atoms with Gasteiger partial charge in [-0.15, -0.1) is 0 Å². The Balaban J connectivity index is 2.71. The SMILES string of the molecule is CC(CC(=O)O)c1ccc(F)nc1. The highest BCUT2D eigenvalue weighted by molar-refractivity contribution is 5.67. The fourth-order valence-electron chi connectivity index (χ4n) is 1.06. The van der Waals surface area contributed by atoms with Gasteiger partial charge in [0, 0.05) is 6.20 Å². The largest absolute Gasteiger partial charge is 0.481 e. The van der Waals surface area contributed by atoms with Gasteiger partial charge in [-0.2, -0.15) is 4.39 Å². The van der Waals surface area contributed by atoms with E-state index in [0.717, 1.165) is 5.56 Å². The number of nitrogens with zero attached hydrogens (tertiary/aromatic N) is 1. The minimum atomic E-state index is -0.864. The number of rotatable bonds is 3. The molecular weight excluding hydrogens is 173 g/mol. The van der Waals surface area contributed by atoms with Gasteiger partial charge >= 0.3 is 5.97 Å². The van der Waals surface area contributed by atoms with E-state index in [2.05, 4.69) is 4.98 Å². The molecule has 1 rings (SSSR count). The van der Waals surface area contributed by atoms with Crippen LogP contribution in [0.2, 0.25) is 0 Å². The van der Waals surface area contributed by atoms with Gasteiger partial charge in [-0.25, -0.2) is 4.98 Å². The zero-order valence-electron chi connectivity index (χ0n) is 7.20. The maximum Gasteiger partial charge on any atom is 0.303 e. The predicted octanol–water partition coefficient (Wildman–Crippen LogP) is 1.80. The van der Waals surface area contributed by atoms with Crippen LogP contribution in [0.3, 0.4) is 0 Å². The van der Waals surface area contributed by atoms with Crippen molar-refractivity contribution in [3.63, 3.8) is 0 Å². The number of carboxylic acids is 1. The Kier molecular flexibility index (Phi) is 2.95. The molecule has 3 nitrogen and oxygen atoms in total. The summed E-state index contributed by atoms with van der Waals surface area (Å²) in [4.78, 5) is 13.8. The summed E-state index contributed by atoms with van der Waals surface area (Å²) >= 11 is 0. The summed E-state index contributed by atoms with van der Waals surface area (Å²) in [7, 11) is 0. The van der Waals surface area contributed by atoms with Crippen LogP contribution in [0, 0.1) is 5.95 Å². The van der Waals surface area contributed by atoms with E-state index in [0.29, 0.717) is 0 Å². The van der Waals surface area contributed by atoms with Crippen molar-refractivity contribution in [2.24, 2.45) is 0 Å². The van der Waals surface area contributed by atoms with Crippen LogP contribution >= 0.6 is 0 Å². The zero-order chi connectivity index (χ0) is 9.84. The second-order valence-electron chi connectivity index (χ2n) is 2.91. The average molecular weight is 183 g/mol. The fraction of sp³-hybridized carbons (Fsp3) is 0.333. The molecule has 0 saturated carbocycles. The Labute approximate surface area is 75.2 Å². The maximum absolute atomic E-state index is 12.4. The van der Waals surface area contributed by atoms with Crippen LogP contribution < -0.4 is 0 Å². The smallest absolute Gasteiger partial charge is 0.303 e. The Hall–Kier alpha value is -1.45. The Morgan fingerprint density at radius 1 is 1.69 bits per heavy atom. The molecule has 0 radical (unpaired) electrons. The van der Waals surface area contributed by atoms with Gasteiger partial charge in [-0.1, -0.05) is 13.0 Å². The lowest BCUT2D eigenvalue weighted by atomic mass is 10.00. The third-order valence-electron chi connectivity index (χ3n) is 1.80. The molecule has 0 aliphatic heterocycles. The minimum Gasteiger partial charge on any atom is -0.481 e. The van der Waals surface area contributed by atoms with Gasteiger partial charge in [0.15, 0.2) is 0 Å². The summed E-state index contributed by atoms with van der Waals surface area (Å²) in [6.45, 7) is 1.77. The van der Waals surface area contributed by atoms with Crippen LogP contribution in [0.4, 0.5) is 4.39 Å². The molecule has 4 heteroatoms. The standard InChI is InChI=1S/C9H10FNO2/c1-6(4-9(12)13)7-2-3-8(10)11-5-7/h2-3,5-6H,4H2,1H3,(H,12,13). The number of aliphatic carboxylic acids is 1. The van der Waals surface area contributed by atoms with E-state index in [1.54, 1.807) is 13.0 Å². The Bertz CT molecular complexity index is 297. The monoisotopic (exact) mass is 183 g/mol. The minimum absolute atomic E-state index is 0.0350. The number of hydrogen-bond acceptors (Lipinski definition) is 2. The summed E-state index contributed by atoms with van der Waals surface area (Å²) in [6, 6.07) is 2.78. The third-order valence-corrected chi connectivity index (χ3v) is 1.80. The Morgan fingerprint density at radius 2 is 2.38 bits per heavy atom. The van der Waals surface area contributed by atoms with Crippen LogP contribution in [-0.2, 0) is 4.79 Å². The summed E-state index contributed by atoms with van der Waals surface area (Å²) < 4.78 is 12.4. The molecule has 0 aliphatic carbocycles. The molecule has 1 aromatic rings. The number of halogens is 1. The fourth-order valence-corrected chi connectivity index (χ4v) is 1.06. The molecule has 1 unspecified atom stereocenters. The molecule has 0 saturated heterocycles. The van der Waals surface area contributed by atoms with Crippen molar-refractivity contribution in [1.82, 2.24) is 4.98 Å². The highest BCUT2D eigenvalue weighted by Gasteiger charge is 2.09. The number of aromatic nitrogens is 1. The van der Waals surface area contributed by atoms with Crippen LogP contribution in [0.15, 0.2) is 18.3 Å². The van der Waals surface area contributed by atoms with Gasteiger partial charge in [0.2, 0.25) is 5.95 Å². The summed E-state index contributed by atoms with van der Waals surface area (Å²) in [5, 5.41) is 8.51. The molecule has 0 aliphatic rings. The lowest BCUT2D eigenvalue weighted by Crippen LogP contribution is -2.03. The molecule has 0 bridgehead atoms. The molecule has 70 valence electrons. The van der Waals surface area contributed by atoms with E-state index < -0.39 is 11.9 Å². The van der Waals surface area contributed by atoms with Gasteiger partial charge in [-0.3, -0.25) is 4.79 Å². The van der Waals surface area contributed by atoms with Crippen molar-refractivity contribution in [1.29, 1.82) is 0 Å². The predicted molar refractivity (Wildman–Crippen MR) is 44.9 cm³/mol. The van der Waals surface area contributed by atoms with Crippen LogP contribution in [0.1, 0.15) is 24.8 Å².